The zero-order valence-electron chi connectivity index (χ0n) is 21.1. The molecule has 1 aliphatic heterocycles. The van der Waals surface area contributed by atoms with Gasteiger partial charge in [-0.25, -0.2) is 14.3 Å². The fourth-order valence-corrected chi connectivity index (χ4v) is 4.46. The van der Waals surface area contributed by atoms with E-state index in [0.717, 1.165) is 24.1 Å². The number of amides is 1. The quantitative estimate of drug-likeness (QED) is 0.275. The number of rotatable bonds is 8. The molecule has 38 heavy (non-hydrogen) atoms. The molecule has 2 atom stereocenters. The fraction of sp³-hybridized carbons (Fsp3) is 0.385. The van der Waals surface area contributed by atoms with E-state index < -0.39 is 6.09 Å². The van der Waals surface area contributed by atoms with E-state index in [1.54, 1.807) is 23.9 Å². The van der Waals surface area contributed by atoms with E-state index in [4.69, 9.17) is 19.2 Å². The van der Waals surface area contributed by atoms with Crippen molar-refractivity contribution in [2.45, 2.75) is 50.5 Å². The van der Waals surface area contributed by atoms with Crippen molar-refractivity contribution in [2.24, 2.45) is 0 Å². The fourth-order valence-electron chi connectivity index (χ4n) is 4.46. The van der Waals surface area contributed by atoms with E-state index in [1.807, 2.05) is 37.3 Å². The molecule has 1 saturated carbocycles. The van der Waals surface area contributed by atoms with Crippen LogP contribution in [0.25, 0.3) is 16.8 Å². The van der Waals surface area contributed by atoms with Crippen molar-refractivity contribution in [1.29, 1.82) is 0 Å². The van der Waals surface area contributed by atoms with Gasteiger partial charge in [0.2, 0.25) is 0 Å². The second kappa shape index (κ2) is 9.62. The summed E-state index contributed by atoms with van der Waals surface area (Å²) in [6, 6.07) is 11.2. The molecule has 12 heteroatoms. The van der Waals surface area contributed by atoms with Crippen LogP contribution < -0.4 is 15.4 Å². The number of hydrogen-bond donors (Lipinski definition) is 4. The topological polar surface area (TPSA) is 148 Å². The number of carbonyl (C=O) groups excluding carboxylic acids is 1. The second-order valence-corrected chi connectivity index (χ2v) is 9.93. The first-order valence-electron chi connectivity index (χ1n) is 12.5. The number of ether oxygens (including phenoxy) is 3. The Kier molecular flexibility index (Phi) is 6.12. The molecule has 198 valence electrons. The van der Waals surface area contributed by atoms with E-state index in [-0.39, 0.29) is 24.4 Å². The van der Waals surface area contributed by atoms with Crippen LogP contribution in [0.15, 0.2) is 42.6 Å². The molecule has 4 heterocycles. The summed E-state index contributed by atoms with van der Waals surface area (Å²) in [6.45, 7) is 2.13. The Hall–Kier alpha value is -4.16. The minimum Gasteiger partial charge on any atom is -0.497 e. The van der Waals surface area contributed by atoms with Gasteiger partial charge < -0.3 is 30.0 Å². The van der Waals surface area contributed by atoms with Gasteiger partial charge in [-0.05, 0) is 38.0 Å². The van der Waals surface area contributed by atoms with Gasteiger partial charge in [0, 0.05) is 23.6 Å². The molecule has 1 saturated heterocycles. The van der Waals surface area contributed by atoms with Gasteiger partial charge in [0.25, 0.3) is 0 Å². The standard InChI is InChI=1S/C26H29N7O5/c1-26(6-7-26)29-25(35)38-18-10-22(37-14-18)19-11-23(31-30-19)28-24-21-9-16(13-34)32-33(21)12-20(27-24)15-4-3-5-17(8-15)36-2/h3-5,8-9,11-12,18,22,34H,6-7,10,13-14H2,1-2H3,(H,29,35)(H2,27,28,30,31). The Balaban J connectivity index is 1.20. The summed E-state index contributed by atoms with van der Waals surface area (Å²) in [5.74, 6) is 1.77. The number of anilines is 2. The lowest BCUT2D eigenvalue weighted by Crippen LogP contribution is -2.37. The lowest BCUT2D eigenvalue weighted by molar-refractivity contribution is 0.0675. The first-order chi connectivity index (χ1) is 18.4. The molecule has 3 aromatic heterocycles. The van der Waals surface area contributed by atoms with Crippen molar-refractivity contribution in [3.05, 3.63) is 54.0 Å². The Morgan fingerprint density at radius 3 is 2.97 bits per heavy atom. The summed E-state index contributed by atoms with van der Waals surface area (Å²) >= 11 is 0. The molecule has 2 aliphatic rings. The highest BCUT2D eigenvalue weighted by atomic mass is 16.6. The largest absolute Gasteiger partial charge is 0.497 e. The van der Waals surface area contributed by atoms with Crippen LogP contribution in [0.5, 0.6) is 5.75 Å². The van der Waals surface area contributed by atoms with Crippen LogP contribution in [0.3, 0.4) is 0 Å². The van der Waals surface area contributed by atoms with Crippen LogP contribution in [0.1, 0.15) is 43.7 Å². The molecule has 4 aromatic rings. The minimum atomic E-state index is -0.403. The molecule has 1 aromatic carbocycles. The zero-order chi connectivity index (χ0) is 26.3. The number of H-pyrrole nitrogens is 1. The third kappa shape index (κ3) is 5.00. The van der Waals surface area contributed by atoms with Gasteiger partial charge in [0.1, 0.15) is 23.5 Å². The molecular formula is C26H29N7O5. The van der Waals surface area contributed by atoms with E-state index in [0.29, 0.717) is 47.3 Å². The summed E-state index contributed by atoms with van der Waals surface area (Å²) in [6.07, 6.45) is 3.27. The van der Waals surface area contributed by atoms with Gasteiger partial charge >= 0.3 is 6.09 Å². The Labute approximate surface area is 218 Å². The number of methoxy groups -OCH3 is 1. The van der Waals surface area contributed by atoms with Crippen LogP contribution in [-0.4, -0.2) is 61.4 Å². The molecule has 2 unspecified atom stereocenters. The summed E-state index contributed by atoms with van der Waals surface area (Å²) in [5, 5.41) is 27.7. The highest BCUT2D eigenvalue weighted by Crippen LogP contribution is 2.35. The highest BCUT2D eigenvalue weighted by molar-refractivity contribution is 5.76. The van der Waals surface area contributed by atoms with Crippen LogP contribution in [-0.2, 0) is 16.1 Å². The highest BCUT2D eigenvalue weighted by Gasteiger charge is 2.40. The Morgan fingerprint density at radius 2 is 2.18 bits per heavy atom. The number of benzene rings is 1. The number of carbonyl (C=O) groups is 1. The van der Waals surface area contributed by atoms with Crippen LogP contribution >= 0.6 is 0 Å². The molecule has 0 radical (unpaired) electrons. The van der Waals surface area contributed by atoms with Crippen molar-refractivity contribution < 1.29 is 24.1 Å². The number of fused-ring (bicyclic) bond motifs is 1. The molecule has 2 fully saturated rings. The predicted octanol–water partition coefficient (Wildman–Crippen LogP) is 3.47. The molecule has 12 nitrogen and oxygen atoms in total. The summed E-state index contributed by atoms with van der Waals surface area (Å²) in [7, 11) is 1.62. The first-order valence-corrected chi connectivity index (χ1v) is 12.5. The minimum absolute atomic E-state index is 0.128. The van der Waals surface area contributed by atoms with E-state index in [2.05, 4.69) is 25.9 Å². The van der Waals surface area contributed by atoms with Crippen molar-refractivity contribution >= 4 is 23.2 Å². The van der Waals surface area contributed by atoms with Crippen molar-refractivity contribution in [3.8, 4) is 17.0 Å². The molecule has 4 N–H and O–H groups in total. The van der Waals surface area contributed by atoms with E-state index in [1.165, 1.54) is 0 Å². The zero-order valence-corrected chi connectivity index (χ0v) is 21.1. The maximum atomic E-state index is 12.1. The molecule has 0 spiro atoms. The lowest BCUT2D eigenvalue weighted by Gasteiger charge is -2.15. The number of aromatic amines is 1. The van der Waals surface area contributed by atoms with Crippen molar-refractivity contribution in [1.82, 2.24) is 30.1 Å². The third-order valence-electron chi connectivity index (χ3n) is 6.86. The smallest absolute Gasteiger partial charge is 0.407 e. The van der Waals surface area contributed by atoms with Gasteiger partial charge in [0.15, 0.2) is 11.6 Å². The summed E-state index contributed by atoms with van der Waals surface area (Å²) < 4.78 is 18.5. The molecule has 1 aliphatic carbocycles. The number of alkyl carbamates (subject to hydrolysis) is 1. The van der Waals surface area contributed by atoms with Crippen molar-refractivity contribution in [3.63, 3.8) is 0 Å². The molecular weight excluding hydrogens is 490 g/mol. The monoisotopic (exact) mass is 519 g/mol. The molecule has 1 amide bonds. The SMILES string of the molecule is COc1cccc(-c2cn3nc(CO)cc3c(Nc3cc(C4CC(OC(=O)NC5(C)CC5)CO4)[nH]n3)n2)c1. The van der Waals surface area contributed by atoms with E-state index in [9.17, 15) is 9.90 Å². The number of nitrogens with one attached hydrogen (secondary N) is 3. The predicted molar refractivity (Wildman–Crippen MR) is 137 cm³/mol. The normalized spacial score (nSPS) is 19.9. The Bertz CT molecular complexity index is 1480. The average Bonchev–Trinajstić information content (AvgIpc) is 3.33. The van der Waals surface area contributed by atoms with Gasteiger partial charge in [-0.1, -0.05) is 12.1 Å². The van der Waals surface area contributed by atoms with Crippen molar-refractivity contribution in [2.75, 3.05) is 19.0 Å². The van der Waals surface area contributed by atoms with Gasteiger partial charge in [-0.15, -0.1) is 0 Å². The summed E-state index contributed by atoms with van der Waals surface area (Å²) in [4.78, 5) is 17.0. The maximum absolute atomic E-state index is 12.1. The van der Waals surface area contributed by atoms with Gasteiger partial charge in [-0.3, -0.25) is 5.10 Å². The summed E-state index contributed by atoms with van der Waals surface area (Å²) in [5.41, 5.74) is 3.36. The lowest BCUT2D eigenvalue weighted by atomic mass is 10.1. The van der Waals surface area contributed by atoms with Crippen LogP contribution in [0.2, 0.25) is 0 Å². The van der Waals surface area contributed by atoms with E-state index >= 15 is 0 Å². The van der Waals surface area contributed by atoms with Crippen LogP contribution in [0.4, 0.5) is 16.4 Å². The van der Waals surface area contributed by atoms with Crippen LogP contribution in [0, 0.1) is 0 Å². The maximum Gasteiger partial charge on any atom is 0.407 e. The molecule has 6 rings (SSSR count). The number of aliphatic hydroxyl groups is 1. The number of nitrogens with zero attached hydrogens (tertiary/aromatic N) is 4. The average molecular weight is 520 g/mol. The number of aliphatic hydroxyl groups excluding tert-OH is 1. The first kappa shape index (κ1) is 24.2. The van der Waals surface area contributed by atoms with Gasteiger partial charge in [-0.2, -0.15) is 10.2 Å². The number of hydrogen-bond acceptors (Lipinski definition) is 9. The number of aromatic nitrogens is 5. The third-order valence-corrected chi connectivity index (χ3v) is 6.86. The second-order valence-electron chi connectivity index (χ2n) is 9.93. The Morgan fingerprint density at radius 1 is 1.32 bits per heavy atom. The molecule has 0 bridgehead atoms. The van der Waals surface area contributed by atoms with Gasteiger partial charge in [0.05, 0.1) is 43.6 Å².